The average Bonchev–Trinajstić information content (AvgIpc) is 2.91. The molecule has 0 aliphatic rings. The van der Waals surface area contributed by atoms with Gasteiger partial charge in [-0.2, -0.15) is 0 Å². The number of ether oxygens (including phenoxy) is 1. The van der Waals surface area contributed by atoms with E-state index in [1.54, 1.807) is 45.9 Å². The first-order valence-corrected chi connectivity index (χ1v) is 14.8. The maximum Gasteiger partial charge on any atom is 0.264 e. The summed E-state index contributed by atoms with van der Waals surface area (Å²) in [6.07, 6.45) is 0. The van der Waals surface area contributed by atoms with Crippen LogP contribution in [0.4, 0.5) is 10.1 Å². The molecule has 3 aromatic rings. The Hall–Kier alpha value is -3.34. The van der Waals surface area contributed by atoms with Crippen LogP contribution < -0.4 is 14.4 Å². The van der Waals surface area contributed by atoms with Gasteiger partial charge in [0.25, 0.3) is 10.0 Å². The first kappa shape index (κ1) is 32.2. The number of carbonyl (C=O) groups excluding carboxylic acids is 2. The van der Waals surface area contributed by atoms with Crippen LogP contribution in [0, 0.1) is 5.82 Å². The fraction of sp³-hybridized carbons (Fsp3) is 0.310. The zero-order valence-corrected chi connectivity index (χ0v) is 25.6. The van der Waals surface area contributed by atoms with E-state index in [9.17, 15) is 22.4 Å². The van der Waals surface area contributed by atoms with Crippen molar-refractivity contribution in [3.63, 3.8) is 0 Å². The predicted molar refractivity (Wildman–Crippen MR) is 158 cm³/mol. The number of sulfonamides is 1. The number of hydrogen-bond acceptors (Lipinski definition) is 5. The van der Waals surface area contributed by atoms with E-state index in [1.165, 1.54) is 48.4 Å². The van der Waals surface area contributed by atoms with E-state index in [0.717, 1.165) is 16.4 Å². The van der Waals surface area contributed by atoms with Gasteiger partial charge in [-0.25, -0.2) is 12.8 Å². The van der Waals surface area contributed by atoms with Crippen LogP contribution in [0.2, 0.25) is 10.0 Å². The summed E-state index contributed by atoms with van der Waals surface area (Å²) in [7, 11) is -2.86. The fourth-order valence-electron chi connectivity index (χ4n) is 3.90. The number of methoxy groups -OCH3 is 1. The second kappa shape index (κ2) is 13.1. The molecule has 0 unspecified atom stereocenters. The molecule has 0 aliphatic carbocycles. The van der Waals surface area contributed by atoms with Crippen LogP contribution in [0.1, 0.15) is 33.3 Å². The van der Waals surface area contributed by atoms with Gasteiger partial charge >= 0.3 is 0 Å². The summed E-state index contributed by atoms with van der Waals surface area (Å²) in [6, 6.07) is 14.2. The highest BCUT2D eigenvalue weighted by atomic mass is 35.5. The van der Waals surface area contributed by atoms with Crippen molar-refractivity contribution in [1.82, 2.24) is 10.2 Å². The fourth-order valence-corrected chi connectivity index (χ4v) is 5.64. The SMILES string of the molecule is COc1ccc(S(=O)(=O)N(CC(=O)N(Cc2ccc(Cl)c(Cl)c2)[C@@H](C)C(=O)NC(C)(C)C)c2ccc(F)cc2)cc1. The number of hydrogen-bond donors (Lipinski definition) is 1. The van der Waals surface area contributed by atoms with Gasteiger partial charge in [0.05, 0.1) is 27.7 Å². The number of halogens is 3. The molecule has 1 N–H and O–H groups in total. The molecule has 3 rings (SSSR count). The number of amides is 2. The van der Waals surface area contributed by atoms with Gasteiger partial charge in [0.2, 0.25) is 11.8 Å². The van der Waals surface area contributed by atoms with E-state index < -0.39 is 45.8 Å². The smallest absolute Gasteiger partial charge is 0.264 e. The van der Waals surface area contributed by atoms with E-state index in [2.05, 4.69) is 5.32 Å². The number of rotatable bonds is 10. The molecule has 1 atom stereocenters. The Morgan fingerprint density at radius 2 is 1.59 bits per heavy atom. The van der Waals surface area contributed by atoms with Crippen molar-refractivity contribution in [2.24, 2.45) is 0 Å². The van der Waals surface area contributed by atoms with Gasteiger partial charge in [0.1, 0.15) is 24.2 Å². The van der Waals surface area contributed by atoms with Crippen molar-refractivity contribution >= 4 is 50.7 Å². The first-order valence-electron chi connectivity index (χ1n) is 12.6. The van der Waals surface area contributed by atoms with Crippen molar-refractivity contribution in [2.45, 2.75) is 50.7 Å². The second-order valence-electron chi connectivity index (χ2n) is 10.3. The van der Waals surface area contributed by atoms with Gasteiger partial charge in [-0.05, 0) is 93.9 Å². The van der Waals surface area contributed by atoms with E-state index in [0.29, 0.717) is 16.3 Å². The van der Waals surface area contributed by atoms with Gasteiger partial charge in [0.15, 0.2) is 0 Å². The Bertz CT molecular complexity index is 1490. The van der Waals surface area contributed by atoms with E-state index in [4.69, 9.17) is 27.9 Å². The molecule has 0 aliphatic heterocycles. The van der Waals surface area contributed by atoms with Gasteiger partial charge in [0, 0.05) is 12.1 Å². The first-order chi connectivity index (χ1) is 19.1. The lowest BCUT2D eigenvalue weighted by Crippen LogP contribution is -2.54. The molecule has 41 heavy (non-hydrogen) atoms. The van der Waals surface area contributed by atoms with Crippen molar-refractivity contribution in [2.75, 3.05) is 18.0 Å². The van der Waals surface area contributed by atoms with Gasteiger partial charge in [-0.3, -0.25) is 13.9 Å². The standard InChI is InChI=1S/C29H32Cl2FN3O5S/c1-19(28(37)33-29(2,3)4)34(17-20-6-15-25(30)26(31)16-20)27(36)18-35(22-9-7-21(32)8-10-22)41(38,39)24-13-11-23(40-5)12-14-24/h6-16,19H,17-18H2,1-5H3,(H,33,37)/t19-/m0/s1. The molecule has 3 aromatic carbocycles. The zero-order chi connectivity index (χ0) is 30.5. The molecule has 0 heterocycles. The van der Waals surface area contributed by atoms with E-state index in [1.807, 2.05) is 0 Å². The van der Waals surface area contributed by atoms with Crippen molar-refractivity contribution in [1.29, 1.82) is 0 Å². The van der Waals surface area contributed by atoms with E-state index in [-0.39, 0.29) is 22.2 Å². The highest BCUT2D eigenvalue weighted by Crippen LogP contribution is 2.27. The third-order valence-corrected chi connectivity index (χ3v) is 8.57. The summed E-state index contributed by atoms with van der Waals surface area (Å²) in [5, 5.41) is 3.44. The van der Waals surface area contributed by atoms with Gasteiger partial charge < -0.3 is 15.0 Å². The third kappa shape index (κ3) is 8.34. The van der Waals surface area contributed by atoms with Crippen LogP contribution in [-0.2, 0) is 26.2 Å². The monoisotopic (exact) mass is 623 g/mol. The van der Waals surface area contributed by atoms with Crippen molar-refractivity contribution in [3.05, 3.63) is 88.2 Å². The normalized spacial score (nSPS) is 12.4. The topological polar surface area (TPSA) is 96.0 Å². The summed E-state index contributed by atoms with van der Waals surface area (Å²) < 4.78 is 47.4. The summed E-state index contributed by atoms with van der Waals surface area (Å²) in [5.41, 5.74) is 0.0629. The summed E-state index contributed by atoms with van der Waals surface area (Å²) >= 11 is 12.2. The molecule has 220 valence electrons. The highest BCUT2D eigenvalue weighted by Gasteiger charge is 2.33. The molecule has 12 heteroatoms. The molecular formula is C29H32Cl2FN3O5S. The summed E-state index contributed by atoms with van der Waals surface area (Å²) in [4.78, 5) is 28.2. The average molecular weight is 625 g/mol. The van der Waals surface area contributed by atoms with Gasteiger partial charge in [-0.15, -0.1) is 0 Å². The van der Waals surface area contributed by atoms with Crippen LogP contribution in [0.3, 0.4) is 0 Å². The minimum Gasteiger partial charge on any atom is -0.497 e. The quantitative estimate of drug-likeness (QED) is 0.314. The Balaban J connectivity index is 2.05. The molecule has 0 saturated carbocycles. The lowest BCUT2D eigenvalue weighted by Gasteiger charge is -2.33. The number of nitrogens with zero attached hydrogens (tertiary/aromatic N) is 2. The second-order valence-corrected chi connectivity index (χ2v) is 13.0. The van der Waals surface area contributed by atoms with Crippen LogP contribution in [0.15, 0.2) is 71.6 Å². The van der Waals surface area contributed by atoms with Crippen LogP contribution in [0.5, 0.6) is 5.75 Å². The number of anilines is 1. The molecule has 2 amide bonds. The largest absolute Gasteiger partial charge is 0.497 e. The summed E-state index contributed by atoms with van der Waals surface area (Å²) in [5.74, 6) is -1.23. The number of benzene rings is 3. The molecule has 0 radical (unpaired) electrons. The van der Waals surface area contributed by atoms with Gasteiger partial charge in [-0.1, -0.05) is 29.3 Å². The maximum atomic E-state index is 13.9. The molecule has 8 nitrogen and oxygen atoms in total. The Kier molecular flexibility index (Phi) is 10.3. The lowest BCUT2D eigenvalue weighted by atomic mass is 10.1. The minimum atomic E-state index is -4.31. The molecule has 0 saturated heterocycles. The molecule has 0 spiro atoms. The molecule has 0 bridgehead atoms. The van der Waals surface area contributed by atoms with Crippen molar-refractivity contribution in [3.8, 4) is 5.75 Å². The zero-order valence-electron chi connectivity index (χ0n) is 23.3. The summed E-state index contributed by atoms with van der Waals surface area (Å²) in [6.45, 7) is 6.24. The predicted octanol–water partition coefficient (Wildman–Crippen LogP) is 5.67. The number of carbonyl (C=O) groups is 2. The third-order valence-electron chi connectivity index (χ3n) is 6.04. The van der Waals surface area contributed by atoms with Crippen LogP contribution >= 0.6 is 23.2 Å². The highest BCUT2D eigenvalue weighted by molar-refractivity contribution is 7.92. The van der Waals surface area contributed by atoms with E-state index >= 15 is 0 Å². The van der Waals surface area contributed by atoms with Crippen LogP contribution in [-0.4, -0.2) is 50.4 Å². The number of nitrogens with one attached hydrogen (secondary N) is 1. The Morgan fingerprint density at radius 1 is 0.976 bits per heavy atom. The minimum absolute atomic E-state index is 0.0612. The molecular weight excluding hydrogens is 592 g/mol. The molecule has 0 aromatic heterocycles. The maximum absolute atomic E-state index is 13.9. The Labute approximate surface area is 250 Å². The Morgan fingerprint density at radius 3 is 2.12 bits per heavy atom. The lowest BCUT2D eigenvalue weighted by molar-refractivity contribution is -0.140. The molecule has 0 fully saturated rings. The van der Waals surface area contributed by atoms with Crippen LogP contribution in [0.25, 0.3) is 0 Å². The van der Waals surface area contributed by atoms with Crippen molar-refractivity contribution < 1.29 is 27.1 Å².